The predicted octanol–water partition coefficient (Wildman–Crippen LogP) is 2.38. The molecule has 1 heterocycles. The lowest BCUT2D eigenvalue weighted by molar-refractivity contribution is -0.137. The van der Waals surface area contributed by atoms with Crippen LogP contribution in [0.2, 0.25) is 0 Å². The average Bonchev–Trinajstić information content (AvgIpc) is 2.85. The first-order chi connectivity index (χ1) is 12.1. The van der Waals surface area contributed by atoms with Gasteiger partial charge in [-0.1, -0.05) is 24.3 Å². The zero-order valence-electron chi connectivity index (χ0n) is 13.5. The molecule has 2 amide bonds. The Labute approximate surface area is 144 Å². The minimum atomic E-state index is -0.915. The van der Waals surface area contributed by atoms with Crippen LogP contribution in [0, 0.1) is 0 Å². The van der Waals surface area contributed by atoms with Crippen molar-refractivity contribution < 1.29 is 24.2 Å². The SMILES string of the molecule is O=C(O)CCOc1cccc(CCN2C(=O)c3ccccc3C2=O)c1. The number of rotatable bonds is 7. The number of imide groups is 1. The number of carbonyl (C=O) groups excluding carboxylic acids is 2. The Bertz CT molecular complexity index is 795. The second-order valence-electron chi connectivity index (χ2n) is 5.70. The molecule has 0 aliphatic carbocycles. The van der Waals surface area contributed by atoms with E-state index in [0.717, 1.165) is 5.56 Å². The smallest absolute Gasteiger partial charge is 0.306 e. The monoisotopic (exact) mass is 339 g/mol. The summed E-state index contributed by atoms with van der Waals surface area (Å²) < 4.78 is 5.39. The average molecular weight is 339 g/mol. The number of carbonyl (C=O) groups is 3. The maximum absolute atomic E-state index is 12.3. The number of aliphatic carboxylic acids is 1. The third kappa shape index (κ3) is 3.68. The van der Waals surface area contributed by atoms with Crippen molar-refractivity contribution in [2.24, 2.45) is 0 Å². The third-order valence-corrected chi connectivity index (χ3v) is 3.99. The van der Waals surface area contributed by atoms with Crippen LogP contribution >= 0.6 is 0 Å². The van der Waals surface area contributed by atoms with E-state index in [9.17, 15) is 14.4 Å². The van der Waals surface area contributed by atoms with Crippen LogP contribution in [-0.2, 0) is 11.2 Å². The van der Waals surface area contributed by atoms with E-state index >= 15 is 0 Å². The molecule has 25 heavy (non-hydrogen) atoms. The molecule has 0 radical (unpaired) electrons. The number of benzene rings is 2. The zero-order chi connectivity index (χ0) is 17.8. The third-order valence-electron chi connectivity index (χ3n) is 3.99. The quantitative estimate of drug-likeness (QED) is 0.783. The molecule has 6 heteroatoms. The van der Waals surface area contributed by atoms with Crippen molar-refractivity contribution in [3.05, 3.63) is 65.2 Å². The van der Waals surface area contributed by atoms with Gasteiger partial charge in [0.15, 0.2) is 0 Å². The molecule has 0 fully saturated rings. The maximum Gasteiger partial charge on any atom is 0.306 e. The van der Waals surface area contributed by atoms with E-state index in [4.69, 9.17) is 9.84 Å². The molecule has 1 N–H and O–H groups in total. The van der Waals surface area contributed by atoms with Gasteiger partial charge in [0.2, 0.25) is 0 Å². The summed E-state index contributed by atoms with van der Waals surface area (Å²) in [6, 6.07) is 14.0. The van der Waals surface area contributed by atoms with E-state index in [0.29, 0.717) is 23.3 Å². The Balaban J connectivity index is 1.62. The van der Waals surface area contributed by atoms with Crippen molar-refractivity contribution in [3.8, 4) is 5.75 Å². The lowest BCUT2D eigenvalue weighted by Crippen LogP contribution is -2.31. The van der Waals surface area contributed by atoms with Crippen LogP contribution in [0.4, 0.5) is 0 Å². The van der Waals surface area contributed by atoms with Gasteiger partial charge in [-0.25, -0.2) is 0 Å². The van der Waals surface area contributed by atoms with Gasteiger partial charge in [0.25, 0.3) is 11.8 Å². The van der Waals surface area contributed by atoms with Crippen molar-refractivity contribution in [1.29, 1.82) is 0 Å². The first-order valence-corrected chi connectivity index (χ1v) is 7.95. The summed E-state index contributed by atoms with van der Waals surface area (Å²) in [4.78, 5) is 36.4. The fourth-order valence-electron chi connectivity index (χ4n) is 2.73. The number of fused-ring (bicyclic) bond motifs is 1. The van der Waals surface area contributed by atoms with Crippen molar-refractivity contribution >= 4 is 17.8 Å². The summed E-state index contributed by atoms with van der Waals surface area (Å²) in [6.07, 6.45) is 0.431. The standard InChI is InChI=1S/C19H17NO5/c21-17(22)9-11-25-14-5-3-4-13(12-14)8-10-20-18(23)15-6-1-2-7-16(15)19(20)24/h1-7,12H,8-11H2,(H,21,22). The molecule has 0 unspecified atom stereocenters. The molecule has 6 nitrogen and oxygen atoms in total. The fraction of sp³-hybridized carbons (Fsp3) is 0.211. The Morgan fingerprint density at radius 3 is 2.32 bits per heavy atom. The van der Waals surface area contributed by atoms with Crippen molar-refractivity contribution in [1.82, 2.24) is 4.90 Å². The number of carboxylic acids is 1. The highest BCUT2D eigenvalue weighted by Gasteiger charge is 2.34. The van der Waals surface area contributed by atoms with E-state index in [1.165, 1.54) is 4.90 Å². The molecule has 1 aliphatic heterocycles. The van der Waals surface area contributed by atoms with Gasteiger partial charge in [-0.2, -0.15) is 0 Å². The molecule has 2 aromatic rings. The molecular formula is C19H17NO5. The maximum atomic E-state index is 12.3. The molecule has 0 atom stereocenters. The molecular weight excluding hydrogens is 322 g/mol. The fourth-order valence-corrected chi connectivity index (χ4v) is 2.73. The number of carboxylic acid groups (broad SMARTS) is 1. The van der Waals surface area contributed by atoms with Crippen LogP contribution in [0.25, 0.3) is 0 Å². The lowest BCUT2D eigenvalue weighted by Gasteiger charge is -2.14. The minimum Gasteiger partial charge on any atom is -0.493 e. The summed E-state index contributed by atoms with van der Waals surface area (Å²) in [7, 11) is 0. The Morgan fingerprint density at radius 2 is 1.68 bits per heavy atom. The number of ether oxygens (including phenoxy) is 1. The molecule has 0 saturated carbocycles. The molecule has 1 aliphatic rings. The van der Waals surface area contributed by atoms with Gasteiger partial charge in [-0.15, -0.1) is 0 Å². The van der Waals surface area contributed by atoms with Crippen LogP contribution in [0.15, 0.2) is 48.5 Å². The highest BCUT2D eigenvalue weighted by atomic mass is 16.5. The summed E-state index contributed by atoms with van der Waals surface area (Å²) in [5.41, 5.74) is 1.79. The van der Waals surface area contributed by atoms with Crippen LogP contribution in [0.5, 0.6) is 5.75 Å². The molecule has 0 spiro atoms. The molecule has 2 aromatic carbocycles. The highest BCUT2D eigenvalue weighted by molar-refractivity contribution is 6.21. The van der Waals surface area contributed by atoms with Gasteiger partial charge in [0, 0.05) is 6.54 Å². The molecule has 0 aromatic heterocycles. The number of hydrogen-bond donors (Lipinski definition) is 1. The second-order valence-corrected chi connectivity index (χ2v) is 5.70. The Kier molecular flexibility index (Phi) is 4.79. The minimum absolute atomic E-state index is 0.0702. The topological polar surface area (TPSA) is 83.9 Å². The van der Waals surface area contributed by atoms with Gasteiger partial charge in [0.1, 0.15) is 5.75 Å². The van der Waals surface area contributed by atoms with Gasteiger partial charge >= 0.3 is 5.97 Å². The molecule has 0 saturated heterocycles. The second kappa shape index (κ2) is 7.17. The summed E-state index contributed by atoms with van der Waals surface area (Å²) in [6.45, 7) is 0.377. The van der Waals surface area contributed by atoms with E-state index in [2.05, 4.69) is 0 Å². The van der Waals surface area contributed by atoms with Crippen LogP contribution in [0.1, 0.15) is 32.7 Å². The Morgan fingerprint density at radius 1 is 1.00 bits per heavy atom. The van der Waals surface area contributed by atoms with Crippen molar-refractivity contribution in [2.75, 3.05) is 13.2 Å². The van der Waals surface area contributed by atoms with E-state index in [1.54, 1.807) is 42.5 Å². The number of hydrogen-bond acceptors (Lipinski definition) is 4. The van der Waals surface area contributed by atoms with Gasteiger partial charge in [-0.3, -0.25) is 19.3 Å². The Hall–Kier alpha value is -3.15. The molecule has 0 bridgehead atoms. The van der Waals surface area contributed by atoms with Crippen LogP contribution in [0.3, 0.4) is 0 Å². The van der Waals surface area contributed by atoms with Gasteiger partial charge in [0.05, 0.1) is 24.2 Å². The predicted molar refractivity (Wildman–Crippen MR) is 89.7 cm³/mol. The largest absolute Gasteiger partial charge is 0.493 e. The van der Waals surface area contributed by atoms with Gasteiger partial charge in [-0.05, 0) is 36.2 Å². The van der Waals surface area contributed by atoms with E-state index in [-0.39, 0.29) is 31.4 Å². The van der Waals surface area contributed by atoms with E-state index in [1.807, 2.05) is 6.07 Å². The normalized spacial score (nSPS) is 13.0. The van der Waals surface area contributed by atoms with Gasteiger partial charge < -0.3 is 9.84 Å². The summed E-state index contributed by atoms with van der Waals surface area (Å²) in [5.74, 6) is -0.883. The van der Waals surface area contributed by atoms with Crippen LogP contribution < -0.4 is 4.74 Å². The first kappa shape index (κ1) is 16.7. The van der Waals surface area contributed by atoms with Crippen LogP contribution in [-0.4, -0.2) is 40.9 Å². The summed E-state index contributed by atoms with van der Waals surface area (Å²) in [5, 5.41) is 8.63. The van der Waals surface area contributed by atoms with Crippen molar-refractivity contribution in [3.63, 3.8) is 0 Å². The lowest BCUT2D eigenvalue weighted by atomic mass is 10.1. The first-order valence-electron chi connectivity index (χ1n) is 7.95. The molecule has 128 valence electrons. The highest BCUT2D eigenvalue weighted by Crippen LogP contribution is 2.23. The number of amides is 2. The molecule has 3 rings (SSSR count). The van der Waals surface area contributed by atoms with Crippen molar-refractivity contribution in [2.45, 2.75) is 12.8 Å². The van der Waals surface area contributed by atoms with E-state index < -0.39 is 5.97 Å². The number of nitrogens with zero attached hydrogens (tertiary/aromatic N) is 1. The summed E-state index contributed by atoms with van der Waals surface area (Å²) >= 11 is 0. The zero-order valence-corrected chi connectivity index (χ0v) is 13.5.